The van der Waals surface area contributed by atoms with Gasteiger partial charge in [0, 0.05) is 41.3 Å². The standard InChI is InChI=1S/C20H19N3O3/c1-26-14-8-6-13(7-9-14)22-20(25)19(23-11-10-18(23)24)16-12-21-17-5-3-2-4-15(16)17/h2-9,12,19,21H,10-11H2,1H3,(H,22,25)/t19-/m0/s1. The Bertz CT molecular complexity index is 962. The molecule has 6 heteroatoms. The molecule has 132 valence electrons. The predicted octanol–water partition coefficient (Wildman–Crippen LogP) is 3.09. The van der Waals surface area contributed by atoms with Crippen LogP contribution in [0.3, 0.4) is 0 Å². The second-order valence-corrected chi connectivity index (χ2v) is 6.25. The zero-order valence-electron chi connectivity index (χ0n) is 14.4. The summed E-state index contributed by atoms with van der Waals surface area (Å²) in [7, 11) is 1.59. The Morgan fingerprint density at radius 1 is 1.19 bits per heavy atom. The fourth-order valence-electron chi connectivity index (χ4n) is 3.26. The number of ether oxygens (including phenoxy) is 1. The summed E-state index contributed by atoms with van der Waals surface area (Å²) in [4.78, 5) is 29.9. The van der Waals surface area contributed by atoms with Crippen LogP contribution in [0.25, 0.3) is 10.9 Å². The van der Waals surface area contributed by atoms with E-state index in [1.165, 1.54) is 0 Å². The summed E-state index contributed by atoms with van der Waals surface area (Å²) in [6, 6.07) is 14.2. The highest BCUT2D eigenvalue weighted by atomic mass is 16.5. The van der Waals surface area contributed by atoms with Gasteiger partial charge in [-0.15, -0.1) is 0 Å². The number of nitrogens with zero attached hydrogens (tertiary/aromatic N) is 1. The van der Waals surface area contributed by atoms with Crippen molar-refractivity contribution >= 4 is 28.4 Å². The maximum absolute atomic E-state index is 13.0. The summed E-state index contributed by atoms with van der Waals surface area (Å²) in [5.74, 6) is 0.479. The number of nitrogens with one attached hydrogen (secondary N) is 2. The Morgan fingerprint density at radius 3 is 2.62 bits per heavy atom. The molecule has 6 nitrogen and oxygen atoms in total. The number of benzene rings is 2. The molecule has 26 heavy (non-hydrogen) atoms. The topological polar surface area (TPSA) is 74.4 Å². The van der Waals surface area contributed by atoms with Crippen molar-refractivity contribution in [3.8, 4) is 5.75 Å². The molecular formula is C20H19N3O3. The first-order chi connectivity index (χ1) is 12.7. The van der Waals surface area contributed by atoms with Crippen molar-refractivity contribution in [2.45, 2.75) is 12.5 Å². The number of hydrogen-bond donors (Lipinski definition) is 2. The number of aromatic nitrogens is 1. The van der Waals surface area contributed by atoms with Crippen LogP contribution >= 0.6 is 0 Å². The summed E-state index contributed by atoms with van der Waals surface area (Å²) in [5, 5.41) is 3.86. The molecular weight excluding hydrogens is 330 g/mol. The van der Waals surface area contributed by atoms with E-state index in [-0.39, 0.29) is 11.8 Å². The Balaban J connectivity index is 1.66. The number of rotatable bonds is 5. The Morgan fingerprint density at radius 2 is 1.96 bits per heavy atom. The molecule has 0 radical (unpaired) electrons. The Hall–Kier alpha value is -3.28. The third kappa shape index (κ3) is 2.79. The molecule has 0 bridgehead atoms. The molecule has 0 spiro atoms. The van der Waals surface area contributed by atoms with Crippen LogP contribution in [0.4, 0.5) is 5.69 Å². The summed E-state index contributed by atoms with van der Waals surface area (Å²) in [6.45, 7) is 0.582. The van der Waals surface area contributed by atoms with Crippen LogP contribution < -0.4 is 10.1 Å². The minimum atomic E-state index is -0.658. The van der Waals surface area contributed by atoms with Crippen LogP contribution in [0.1, 0.15) is 18.0 Å². The fraction of sp³-hybridized carbons (Fsp3) is 0.200. The molecule has 2 N–H and O–H groups in total. The van der Waals surface area contributed by atoms with Crippen molar-refractivity contribution in [2.75, 3.05) is 19.0 Å². The summed E-state index contributed by atoms with van der Waals surface area (Å²) >= 11 is 0. The van der Waals surface area contributed by atoms with Gasteiger partial charge < -0.3 is 19.9 Å². The quantitative estimate of drug-likeness (QED) is 0.695. The molecule has 2 heterocycles. The molecule has 0 saturated carbocycles. The minimum absolute atomic E-state index is 0.00911. The molecule has 1 aliphatic rings. The van der Waals surface area contributed by atoms with E-state index in [9.17, 15) is 9.59 Å². The predicted molar refractivity (Wildman–Crippen MR) is 99.0 cm³/mol. The maximum Gasteiger partial charge on any atom is 0.251 e. The van der Waals surface area contributed by atoms with Gasteiger partial charge in [-0.1, -0.05) is 18.2 Å². The fourth-order valence-corrected chi connectivity index (χ4v) is 3.26. The highest BCUT2D eigenvalue weighted by Crippen LogP contribution is 2.33. The normalized spacial score (nSPS) is 14.8. The third-order valence-electron chi connectivity index (χ3n) is 4.72. The first-order valence-electron chi connectivity index (χ1n) is 8.48. The lowest BCUT2D eigenvalue weighted by Gasteiger charge is -2.37. The molecule has 0 unspecified atom stereocenters. The first-order valence-corrected chi connectivity index (χ1v) is 8.48. The smallest absolute Gasteiger partial charge is 0.251 e. The van der Waals surface area contributed by atoms with Gasteiger partial charge in [-0.05, 0) is 30.3 Å². The molecule has 1 saturated heterocycles. The number of carbonyl (C=O) groups excluding carboxylic acids is 2. The highest BCUT2D eigenvalue weighted by Gasteiger charge is 2.37. The molecule has 1 fully saturated rings. The number of fused-ring (bicyclic) bond motifs is 1. The van der Waals surface area contributed by atoms with Crippen molar-refractivity contribution in [2.24, 2.45) is 0 Å². The van der Waals surface area contributed by atoms with E-state index in [0.29, 0.717) is 24.4 Å². The summed E-state index contributed by atoms with van der Waals surface area (Å²) in [5.41, 5.74) is 2.41. The molecule has 3 aromatic rings. The van der Waals surface area contributed by atoms with Gasteiger partial charge in [0.2, 0.25) is 5.91 Å². The van der Waals surface area contributed by atoms with Crippen molar-refractivity contribution in [3.05, 3.63) is 60.3 Å². The maximum atomic E-state index is 13.0. The number of anilines is 1. The van der Waals surface area contributed by atoms with Crippen LogP contribution in [-0.4, -0.2) is 35.4 Å². The molecule has 2 amide bonds. The number of likely N-dealkylation sites (tertiary alicyclic amines) is 1. The lowest BCUT2D eigenvalue weighted by atomic mass is 9.99. The van der Waals surface area contributed by atoms with Crippen molar-refractivity contribution in [3.63, 3.8) is 0 Å². The van der Waals surface area contributed by atoms with Crippen LogP contribution in [-0.2, 0) is 9.59 Å². The van der Waals surface area contributed by atoms with E-state index in [2.05, 4.69) is 10.3 Å². The molecule has 1 aromatic heterocycles. The van der Waals surface area contributed by atoms with Crippen LogP contribution in [0.5, 0.6) is 5.75 Å². The highest BCUT2D eigenvalue weighted by molar-refractivity contribution is 6.01. The van der Waals surface area contributed by atoms with E-state index in [4.69, 9.17) is 4.74 Å². The Kier molecular flexibility index (Phi) is 4.08. The molecule has 0 aliphatic carbocycles. The number of amides is 2. The summed E-state index contributed by atoms with van der Waals surface area (Å²) < 4.78 is 5.14. The van der Waals surface area contributed by atoms with Crippen molar-refractivity contribution < 1.29 is 14.3 Å². The van der Waals surface area contributed by atoms with Crippen LogP contribution in [0.15, 0.2) is 54.7 Å². The van der Waals surface area contributed by atoms with E-state index in [1.807, 2.05) is 30.5 Å². The van der Waals surface area contributed by atoms with Crippen molar-refractivity contribution in [1.82, 2.24) is 9.88 Å². The molecule has 1 aliphatic heterocycles. The van der Waals surface area contributed by atoms with Gasteiger partial charge in [0.15, 0.2) is 0 Å². The summed E-state index contributed by atoms with van der Waals surface area (Å²) in [6.07, 6.45) is 2.29. The zero-order valence-corrected chi connectivity index (χ0v) is 14.4. The largest absolute Gasteiger partial charge is 0.497 e. The van der Waals surface area contributed by atoms with Crippen molar-refractivity contribution in [1.29, 1.82) is 0 Å². The van der Waals surface area contributed by atoms with E-state index >= 15 is 0 Å². The molecule has 1 atom stereocenters. The van der Waals surface area contributed by atoms with Gasteiger partial charge in [0.1, 0.15) is 11.8 Å². The van der Waals surface area contributed by atoms with Crippen LogP contribution in [0.2, 0.25) is 0 Å². The van der Waals surface area contributed by atoms with Gasteiger partial charge in [0.25, 0.3) is 5.91 Å². The number of methoxy groups -OCH3 is 1. The first kappa shape index (κ1) is 16.2. The van der Waals surface area contributed by atoms with E-state index in [1.54, 1.807) is 36.3 Å². The average Bonchev–Trinajstić information content (AvgIpc) is 3.09. The molecule has 4 rings (SSSR count). The van der Waals surface area contributed by atoms with Gasteiger partial charge in [-0.2, -0.15) is 0 Å². The van der Waals surface area contributed by atoms with Gasteiger partial charge in [0.05, 0.1) is 7.11 Å². The average molecular weight is 349 g/mol. The SMILES string of the molecule is COc1ccc(NC(=O)[C@H](c2c[nH]c3ccccc23)N2CCC2=O)cc1. The number of hydrogen-bond acceptors (Lipinski definition) is 3. The zero-order chi connectivity index (χ0) is 18.1. The third-order valence-corrected chi connectivity index (χ3v) is 4.72. The van der Waals surface area contributed by atoms with Gasteiger partial charge >= 0.3 is 0 Å². The van der Waals surface area contributed by atoms with E-state index in [0.717, 1.165) is 16.5 Å². The number of para-hydroxylation sites is 1. The molecule has 2 aromatic carbocycles. The monoisotopic (exact) mass is 349 g/mol. The number of carbonyl (C=O) groups is 2. The lowest BCUT2D eigenvalue weighted by Crippen LogP contribution is -2.49. The van der Waals surface area contributed by atoms with Gasteiger partial charge in [-0.3, -0.25) is 9.59 Å². The number of aromatic amines is 1. The van der Waals surface area contributed by atoms with Crippen LogP contribution in [0, 0.1) is 0 Å². The van der Waals surface area contributed by atoms with Gasteiger partial charge in [-0.25, -0.2) is 0 Å². The minimum Gasteiger partial charge on any atom is -0.497 e. The lowest BCUT2D eigenvalue weighted by molar-refractivity contribution is -0.147. The number of H-pyrrole nitrogens is 1. The second-order valence-electron chi connectivity index (χ2n) is 6.25. The second kappa shape index (κ2) is 6.55. The Labute approximate surface area is 150 Å². The van der Waals surface area contributed by atoms with E-state index < -0.39 is 6.04 Å². The number of β-lactam (4-membered cyclic amide) rings is 1.